The molecule has 0 bridgehead atoms. The third-order valence-corrected chi connectivity index (χ3v) is 2.08. The van der Waals surface area contributed by atoms with E-state index >= 15 is 0 Å². The topological polar surface area (TPSA) is 67.5 Å². The number of fused-ring (bicyclic) bond motifs is 1. The predicted octanol–water partition coefficient (Wildman–Crippen LogP) is 1.12. The third kappa shape index (κ3) is 1.60. The Morgan fingerprint density at radius 3 is 3.07 bits per heavy atom. The average Bonchev–Trinajstić information content (AvgIpc) is 2.45. The fourth-order valence-electron chi connectivity index (χ4n) is 1.22. The Morgan fingerprint density at radius 1 is 1.57 bits per heavy atom. The summed E-state index contributed by atoms with van der Waals surface area (Å²) in [7, 11) is 0. The van der Waals surface area contributed by atoms with Crippen molar-refractivity contribution in [2.45, 2.75) is 6.42 Å². The summed E-state index contributed by atoms with van der Waals surface area (Å²) >= 11 is 3.13. The number of halogens is 1. The van der Waals surface area contributed by atoms with E-state index in [0.717, 1.165) is 0 Å². The van der Waals surface area contributed by atoms with E-state index in [1.165, 1.54) is 4.52 Å². The van der Waals surface area contributed by atoms with Crippen molar-refractivity contribution in [1.29, 1.82) is 0 Å². The molecule has 0 radical (unpaired) electrons. The van der Waals surface area contributed by atoms with Crippen LogP contribution in [0.15, 0.2) is 22.9 Å². The summed E-state index contributed by atoms with van der Waals surface area (Å²) in [6.45, 7) is 0. The van der Waals surface area contributed by atoms with Crippen LogP contribution in [0.1, 0.15) is 5.69 Å². The minimum Gasteiger partial charge on any atom is -0.481 e. The molecule has 0 fully saturated rings. The zero-order valence-corrected chi connectivity index (χ0v) is 8.60. The molecule has 0 amide bonds. The van der Waals surface area contributed by atoms with Crippen LogP contribution in [-0.4, -0.2) is 25.7 Å². The van der Waals surface area contributed by atoms with Gasteiger partial charge in [-0.2, -0.15) is 0 Å². The fraction of sp³-hybridized carbons (Fsp3) is 0.125. The van der Waals surface area contributed by atoms with Crippen molar-refractivity contribution < 1.29 is 9.90 Å². The second-order valence-electron chi connectivity index (χ2n) is 2.74. The SMILES string of the molecule is O=C(O)Cc1cccc2nc(Br)nn12. The number of nitrogens with zero attached hydrogens (tertiary/aromatic N) is 3. The van der Waals surface area contributed by atoms with Crippen LogP contribution in [0.3, 0.4) is 0 Å². The lowest BCUT2D eigenvalue weighted by atomic mass is 10.3. The first-order valence-electron chi connectivity index (χ1n) is 3.89. The minimum absolute atomic E-state index is 0.0624. The van der Waals surface area contributed by atoms with E-state index in [4.69, 9.17) is 5.11 Å². The number of aliphatic carboxylic acids is 1. The van der Waals surface area contributed by atoms with Crippen molar-refractivity contribution in [3.63, 3.8) is 0 Å². The average molecular weight is 256 g/mol. The first-order valence-corrected chi connectivity index (χ1v) is 4.68. The third-order valence-electron chi connectivity index (χ3n) is 1.74. The van der Waals surface area contributed by atoms with Crippen LogP contribution in [0.5, 0.6) is 0 Å². The quantitative estimate of drug-likeness (QED) is 0.874. The summed E-state index contributed by atoms with van der Waals surface area (Å²) in [4.78, 5) is 14.6. The molecule has 0 atom stereocenters. The van der Waals surface area contributed by atoms with Gasteiger partial charge in [0.1, 0.15) is 0 Å². The molecule has 2 aromatic rings. The van der Waals surface area contributed by atoms with Crippen LogP contribution in [0.25, 0.3) is 5.65 Å². The van der Waals surface area contributed by atoms with Crippen LogP contribution in [0.4, 0.5) is 0 Å². The Morgan fingerprint density at radius 2 is 2.36 bits per heavy atom. The van der Waals surface area contributed by atoms with Gasteiger partial charge in [-0.05, 0) is 28.1 Å². The van der Waals surface area contributed by atoms with Gasteiger partial charge in [-0.25, -0.2) is 9.50 Å². The second-order valence-corrected chi connectivity index (χ2v) is 3.45. The van der Waals surface area contributed by atoms with Crippen LogP contribution in [0, 0.1) is 0 Å². The Hall–Kier alpha value is -1.43. The largest absolute Gasteiger partial charge is 0.481 e. The van der Waals surface area contributed by atoms with E-state index in [-0.39, 0.29) is 6.42 Å². The Kier molecular flexibility index (Phi) is 2.20. The number of aromatic nitrogens is 3. The van der Waals surface area contributed by atoms with Crippen molar-refractivity contribution in [2.24, 2.45) is 0 Å². The molecule has 6 heteroatoms. The summed E-state index contributed by atoms with van der Waals surface area (Å²) < 4.78 is 1.97. The highest BCUT2D eigenvalue weighted by atomic mass is 79.9. The normalized spacial score (nSPS) is 10.6. The maximum absolute atomic E-state index is 10.5. The van der Waals surface area contributed by atoms with Gasteiger partial charge >= 0.3 is 5.97 Å². The molecule has 72 valence electrons. The number of pyridine rings is 1. The monoisotopic (exact) mass is 255 g/mol. The number of hydrogen-bond donors (Lipinski definition) is 1. The lowest BCUT2D eigenvalue weighted by molar-refractivity contribution is -0.136. The van der Waals surface area contributed by atoms with E-state index < -0.39 is 5.97 Å². The molecule has 0 saturated carbocycles. The zero-order chi connectivity index (χ0) is 10.1. The molecule has 0 aliphatic carbocycles. The molecule has 0 aliphatic rings. The maximum Gasteiger partial charge on any atom is 0.309 e. The van der Waals surface area contributed by atoms with Crippen molar-refractivity contribution in [2.75, 3.05) is 0 Å². The number of carboxylic acid groups (broad SMARTS) is 1. The van der Waals surface area contributed by atoms with E-state index in [9.17, 15) is 4.79 Å². The van der Waals surface area contributed by atoms with Gasteiger partial charge in [0.2, 0.25) is 4.73 Å². The van der Waals surface area contributed by atoms with Gasteiger partial charge in [-0.15, -0.1) is 5.10 Å². The highest BCUT2D eigenvalue weighted by Gasteiger charge is 2.07. The minimum atomic E-state index is -0.885. The van der Waals surface area contributed by atoms with E-state index in [2.05, 4.69) is 26.0 Å². The number of carboxylic acids is 1. The summed E-state index contributed by atoms with van der Waals surface area (Å²) in [6.07, 6.45) is -0.0624. The molecule has 14 heavy (non-hydrogen) atoms. The molecule has 2 rings (SSSR count). The summed E-state index contributed by atoms with van der Waals surface area (Å²) in [5.74, 6) is -0.885. The molecule has 1 N–H and O–H groups in total. The lowest BCUT2D eigenvalue weighted by Crippen LogP contribution is -2.06. The molecule has 0 unspecified atom stereocenters. The Balaban J connectivity index is 2.58. The molecular weight excluding hydrogens is 250 g/mol. The van der Waals surface area contributed by atoms with Crippen molar-refractivity contribution in [3.05, 3.63) is 28.6 Å². The predicted molar refractivity (Wildman–Crippen MR) is 52.0 cm³/mol. The van der Waals surface area contributed by atoms with Crippen LogP contribution in [0.2, 0.25) is 0 Å². The van der Waals surface area contributed by atoms with E-state index in [1.54, 1.807) is 18.2 Å². The summed E-state index contributed by atoms with van der Waals surface area (Å²) in [6, 6.07) is 5.24. The first kappa shape index (κ1) is 9.14. The Bertz CT molecular complexity index is 494. The highest BCUT2D eigenvalue weighted by molar-refractivity contribution is 9.10. The van der Waals surface area contributed by atoms with E-state index in [0.29, 0.717) is 16.1 Å². The van der Waals surface area contributed by atoms with Crippen LogP contribution < -0.4 is 0 Å². The Labute approximate surface area is 87.5 Å². The van der Waals surface area contributed by atoms with Gasteiger partial charge in [0, 0.05) is 0 Å². The highest BCUT2D eigenvalue weighted by Crippen LogP contribution is 2.09. The van der Waals surface area contributed by atoms with Gasteiger partial charge in [0.15, 0.2) is 5.65 Å². The zero-order valence-electron chi connectivity index (χ0n) is 7.01. The second kappa shape index (κ2) is 3.38. The molecule has 0 aliphatic heterocycles. The van der Waals surface area contributed by atoms with Gasteiger partial charge in [-0.1, -0.05) is 6.07 Å². The summed E-state index contributed by atoms with van der Waals surface area (Å²) in [5, 5.41) is 12.7. The number of hydrogen-bond acceptors (Lipinski definition) is 3. The maximum atomic E-state index is 10.5. The molecule has 2 heterocycles. The number of rotatable bonds is 2. The van der Waals surface area contributed by atoms with Crippen molar-refractivity contribution in [3.8, 4) is 0 Å². The number of carbonyl (C=O) groups is 1. The van der Waals surface area contributed by atoms with E-state index in [1.807, 2.05) is 0 Å². The van der Waals surface area contributed by atoms with Gasteiger partial charge in [0.25, 0.3) is 0 Å². The van der Waals surface area contributed by atoms with Crippen molar-refractivity contribution in [1.82, 2.24) is 14.6 Å². The van der Waals surface area contributed by atoms with Gasteiger partial charge < -0.3 is 5.11 Å². The smallest absolute Gasteiger partial charge is 0.309 e. The van der Waals surface area contributed by atoms with Crippen LogP contribution in [-0.2, 0) is 11.2 Å². The molecule has 0 spiro atoms. The molecule has 0 aromatic carbocycles. The summed E-state index contributed by atoms with van der Waals surface area (Å²) in [5.41, 5.74) is 1.24. The lowest BCUT2D eigenvalue weighted by Gasteiger charge is -1.99. The first-order chi connectivity index (χ1) is 6.66. The fourth-order valence-corrected chi connectivity index (χ4v) is 1.56. The molecule has 2 aromatic heterocycles. The van der Waals surface area contributed by atoms with Gasteiger partial charge in [-0.3, -0.25) is 4.79 Å². The molecule has 0 saturated heterocycles. The van der Waals surface area contributed by atoms with Crippen LogP contribution >= 0.6 is 15.9 Å². The standard InChI is InChI=1S/C8H6BrN3O2/c9-8-10-6-3-1-2-5(4-7(13)14)12(6)11-8/h1-3H,4H2,(H,13,14). The molecular formula is C8H6BrN3O2. The molecule has 5 nitrogen and oxygen atoms in total. The van der Waals surface area contributed by atoms with Gasteiger partial charge in [0.05, 0.1) is 12.1 Å². The van der Waals surface area contributed by atoms with Crippen molar-refractivity contribution >= 4 is 27.5 Å².